The summed E-state index contributed by atoms with van der Waals surface area (Å²) in [6.45, 7) is 8.44. The van der Waals surface area contributed by atoms with Gasteiger partial charge in [0.05, 0.1) is 0 Å². The Hall–Kier alpha value is -3.84. The molecule has 11 nitrogen and oxygen atoms in total. The van der Waals surface area contributed by atoms with Crippen LogP contribution in [0.15, 0.2) is 29.4 Å². The van der Waals surface area contributed by atoms with Crippen LogP contribution in [0.3, 0.4) is 0 Å². The third kappa shape index (κ3) is 6.96. The molecule has 0 aliphatic carbocycles. The molecule has 0 atom stereocenters. The lowest BCUT2D eigenvalue weighted by atomic mass is 9.89. The minimum absolute atomic E-state index is 0.0868. The molecule has 2 aromatic rings. The molecule has 5 rings (SSSR count). The maximum Gasteiger partial charge on any atom is 0.453 e. The van der Waals surface area contributed by atoms with Crippen molar-refractivity contribution in [1.29, 1.82) is 0 Å². The van der Waals surface area contributed by atoms with Crippen LogP contribution in [0.25, 0.3) is 0 Å². The van der Waals surface area contributed by atoms with Crippen LogP contribution in [-0.2, 0) is 22.1 Å². The van der Waals surface area contributed by atoms with Crippen molar-refractivity contribution in [3.8, 4) is 5.75 Å². The largest absolute Gasteiger partial charge is 0.484 e. The van der Waals surface area contributed by atoms with Gasteiger partial charge in [0.2, 0.25) is 0 Å². The zero-order valence-corrected chi connectivity index (χ0v) is 24.1. The molecule has 1 aromatic carbocycles. The first kappa shape index (κ1) is 29.6. The highest BCUT2D eigenvalue weighted by atomic mass is 19.4. The maximum absolute atomic E-state index is 13.2. The van der Waals surface area contributed by atoms with E-state index in [1.54, 1.807) is 9.80 Å². The Balaban J connectivity index is 1.07. The van der Waals surface area contributed by atoms with Crippen molar-refractivity contribution in [3.63, 3.8) is 0 Å². The second-order valence-electron chi connectivity index (χ2n) is 11.7. The van der Waals surface area contributed by atoms with Gasteiger partial charge in [0.15, 0.2) is 12.4 Å². The number of carbonyl (C=O) groups is 2. The highest BCUT2D eigenvalue weighted by molar-refractivity contribution is 5.83. The number of piperidine rings is 1. The van der Waals surface area contributed by atoms with E-state index in [-0.39, 0.29) is 24.4 Å². The van der Waals surface area contributed by atoms with E-state index < -0.39 is 17.6 Å². The predicted molar refractivity (Wildman–Crippen MR) is 146 cm³/mol. The number of likely N-dealkylation sites (tertiary alicyclic amines) is 1. The molecule has 0 unspecified atom stereocenters. The molecule has 4 heterocycles. The lowest BCUT2D eigenvalue weighted by molar-refractivity contribution is -0.147. The summed E-state index contributed by atoms with van der Waals surface area (Å²) in [6.07, 6.45) is -2.39. The number of hydrogen-bond acceptors (Lipinski definition) is 8. The first-order valence-electron chi connectivity index (χ1n) is 14.2. The third-order valence-corrected chi connectivity index (χ3v) is 7.60. The smallest absolute Gasteiger partial charge is 0.453 e. The number of halogens is 3. The molecule has 1 aromatic heterocycles. The Labute approximate surface area is 242 Å². The van der Waals surface area contributed by atoms with Crippen LogP contribution in [0.4, 0.5) is 18.0 Å². The fourth-order valence-corrected chi connectivity index (χ4v) is 5.37. The summed E-state index contributed by atoms with van der Waals surface area (Å²) >= 11 is 0. The fraction of sp³-hybridized carbons (Fsp3) is 0.607. The van der Waals surface area contributed by atoms with Crippen molar-refractivity contribution < 1.29 is 32.2 Å². The molecule has 0 radical (unpaired) electrons. The molecule has 2 amide bonds. The molecule has 2 saturated heterocycles. The van der Waals surface area contributed by atoms with Gasteiger partial charge in [-0.3, -0.25) is 4.79 Å². The Bertz CT molecular complexity index is 1300. The molecule has 228 valence electrons. The average molecular weight is 592 g/mol. The van der Waals surface area contributed by atoms with Gasteiger partial charge in [-0.05, 0) is 57.2 Å². The molecule has 3 aliphatic rings. The summed E-state index contributed by atoms with van der Waals surface area (Å²) in [6, 6.07) is 7.70. The number of hydrogen-bond donors (Lipinski definition) is 0. The standard InChI is InChI=1S/C28H36F3N7O4/c1-27(2,3)42-26(40)37-16-14-36(15-17-37)24(39)18-41-21-6-4-19(5-7-21)20-10-12-35(13-11-20)23-9-8-22-32-33-25(28(29,30)31)38(22)34-23/h4-7,20H,8-18H2,1-3H3. The van der Waals surface area contributed by atoms with Crippen molar-refractivity contribution in [2.75, 3.05) is 45.9 Å². The van der Waals surface area contributed by atoms with Crippen LogP contribution in [0.2, 0.25) is 0 Å². The number of aromatic nitrogens is 3. The van der Waals surface area contributed by atoms with E-state index in [0.717, 1.165) is 23.1 Å². The molecule has 14 heteroatoms. The molecule has 3 aliphatic heterocycles. The predicted octanol–water partition coefficient (Wildman–Crippen LogP) is 3.74. The van der Waals surface area contributed by atoms with E-state index in [4.69, 9.17) is 9.47 Å². The van der Waals surface area contributed by atoms with Gasteiger partial charge in [-0.1, -0.05) is 12.1 Å². The summed E-state index contributed by atoms with van der Waals surface area (Å²) in [5.41, 5.74) is 0.588. The van der Waals surface area contributed by atoms with Crippen molar-refractivity contribution >= 4 is 17.8 Å². The number of carbonyl (C=O) groups excluding carboxylic acids is 2. The molecule has 42 heavy (non-hydrogen) atoms. The topological polar surface area (TPSA) is 105 Å². The number of ether oxygens (including phenoxy) is 2. The average Bonchev–Trinajstić information content (AvgIpc) is 3.40. The normalized spacial score (nSPS) is 18.4. The Morgan fingerprint density at radius 2 is 1.55 bits per heavy atom. The molecule has 0 bridgehead atoms. The Kier molecular flexibility index (Phi) is 8.33. The number of benzene rings is 1. The lowest BCUT2D eigenvalue weighted by Gasteiger charge is -2.35. The van der Waals surface area contributed by atoms with Crippen LogP contribution in [0, 0.1) is 0 Å². The van der Waals surface area contributed by atoms with E-state index >= 15 is 0 Å². The second-order valence-corrected chi connectivity index (χ2v) is 11.7. The lowest BCUT2D eigenvalue weighted by Crippen LogP contribution is -2.52. The van der Waals surface area contributed by atoms with Crippen LogP contribution < -0.4 is 4.74 Å². The summed E-state index contributed by atoms with van der Waals surface area (Å²) < 4.78 is 51.7. The van der Waals surface area contributed by atoms with E-state index in [0.29, 0.717) is 69.6 Å². The number of amidine groups is 1. The monoisotopic (exact) mass is 591 g/mol. The minimum Gasteiger partial charge on any atom is -0.484 e. The summed E-state index contributed by atoms with van der Waals surface area (Å²) in [5, 5.41) is 11.2. The Morgan fingerprint density at radius 1 is 0.905 bits per heavy atom. The van der Waals surface area contributed by atoms with Crippen molar-refractivity contribution in [1.82, 2.24) is 29.6 Å². The zero-order chi connectivity index (χ0) is 30.1. The van der Waals surface area contributed by atoms with Gasteiger partial charge < -0.3 is 24.2 Å². The summed E-state index contributed by atoms with van der Waals surface area (Å²) in [5.74, 6) is 0.533. The first-order chi connectivity index (χ1) is 19.9. The maximum atomic E-state index is 13.2. The third-order valence-electron chi connectivity index (χ3n) is 7.60. The van der Waals surface area contributed by atoms with E-state index in [1.165, 1.54) is 0 Å². The SMILES string of the molecule is CC(C)(C)OC(=O)N1CCN(C(=O)COc2ccc(C3CCN(C4=Nn5c(nnc5C(F)(F)F)CC4)CC3)cc2)CC1. The highest BCUT2D eigenvalue weighted by Crippen LogP contribution is 2.32. The van der Waals surface area contributed by atoms with Crippen LogP contribution in [-0.4, -0.2) is 98.9 Å². The van der Waals surface area contributed by atoms with Crippen molar-refractivity contribution in [2.24, 2.45) is 5.10 Å². The zero-order valence-electron chi connectivity index (χ0n) is 24.1. The number of aryl methyl sites for hydroxylation is 1. The Morgan fingerprint density at radius 3 is 2.17 bits per heavy atom. The van der Waals surface area contributed by atoms with Gasteiger partial charge in [-0.25, -0.2) is 4.79 Å². The van der Waals surface area contributed by atoms with Gasteiger partial charge in [-0.2, -0.15) is 22.9 Å². The van der Waals surface area contributed by atoms with Gasteiger partial charge in [-0.15, -0.1) is 10.2 Å². The first-order valence-corrected chi connectivity index (χ1v) is 14.2. The molecule has 0 saturated carbocycles. The molecular weight excluding hydrogens is 555 g/mol. The number of alkyl halides is 3. The van der Waals surface area contributed by atoms with Crippen LogP contribution >= 0.6 is 0 Å². The summed E-state index contributed by atoms with van der Waals surface area (Å²) in [4.78, 5) is 30.2. The molecule has 0 N–H and O–H groups in total. The number of rotatable bonds is 4. The van der Waals surface area contributed by atoms with Gasteiger partial charge >= 0.3 is 12.3 Å². The van der Waals surface area contributed by atoms with Gasteiger partial charge in [0, 0.05) is 52.1 Å². The van der Waals surface area contributed by atoms with E-state index in [9.17, 15) is 22.8 Å². The fourth-order valence-electron chi connectivity index (χ4n) is 5.37. The summed E-state index contributed by atoms with van der Waals surface area (Å²) in [7, 11) is 0. The molecule has 2 fully saturated rings. The quantitative estimate of drug-likeness (QED) is 0.534. The van der Waals surface area contributed by atoms with Crippen molar-refractivity contribution in [3.05, 3.63) is 41.5 Å². The number of amides is 2. The van der Waals surface area contributed by atoms with Crippen molar-refractivity contribution in [2.45, 2.75) is 64.1 Å². The van der Waals surface area contributed by atoms with E-state index in [2.05, 4.69) is 20.2 Å². The van der Waals surface area contributed by atoms with Crippen LogP contribution in [0.5, 0.6) is 5.75 Å². The number of piperazine rings is 1. The molecule has 0 spiro atoms. The van der Waals surface area contributed by atoms with Crippen LogP contribution in [0.1, 0.15) is 63.2 Å². The second kappa shape index (κ2) is 11.8. The van der Waals surface area contributed by atoms with E-state index in [1.807, 2.05) is 45.0 Å². The van der Waals surface area contributed by atoms with Gasteiger partial charge in [0.1, 0.15) is 17.2 Å². The minimum atomic E-state index is -4.61. The number of fused-ring (bicyclic) bond motifs is 1. The number of nitrogens with zero attached hydrogens (tertiary/aromatic N) is 7. The van der Waals surface area contributed by atoms with Gasteiger partial charge in [0.25, 0.3) is 11.7 Å². The highest BCUT2D eigenvalue weighted by Gasteiger charge is 2.40. The molecular formula is C28H36F3N7O4.